The molecule has 1 heterocycles. The Kier molecular flexibility index (Phi) is 5.08. The summed E-state index contributed by atoms with van der Waals surface area (Å²) in [4.78, 5) is 12.1. The Balaban J connectivity index is 2.53. The van der Waals surface area contributed by atoms with E-state index in [0.717, 1.165) is 15.6 Å². The van der Waals surface area contributed by atoms with Gasteiger partial charge in [-0.3, -0.25) is 4.79 Å². The van der Waals surface area contributed by atoms with Crippen molar-refractivity contribution in [2.24, 2.45) is 0 Å². The summed E-state index contributed by atoms with van der Waals surface area (Å²) < 4.78 is 5.36. The van der Waals surface area contributed by atoms with E-state index in [-0.39, 0.29) is 12.0 Å². The monoisotopic (exact) mass is 247 g/mol. The third kappa shape index (κ3) is 3.81. The molecule has 15 heavy (non-hydrogen) atoms. The van der Waals surface area contributed by atoms with Gasteiger partial charge in [-0.25, -0.2) is 0 Å². The van der Waals surface area contributed by atoms with Crippen molar-refractivity contribution >= 4 is 28.9 Å². The average molecular weight is 248 g/mol. The normalized spacial score (nSPS) is 12.5. The van der Waals surface area contributed by atoms with Crippen LogP contribution in [0.2, 0.25) is 4.34 Å². The maximum atomic E-state index is 11.0. The number of methoxy groups -OCH3 is 1. The lowest BCUT2D eigenvalue weighted by molar-refractivity contribution is -0.140. The highest BCUT2D eigenvalue weighted by Gasteiger charge is 2.13. The lowest BCUT2D eigenvalue weighted by Crippen LogP contribution is -2.16. The Bertz CT molecular complexity index is 327. The quantitative estimate of drug-likeness (QED) is 0.813. The molecule has 0 saturated heterocycles. The molecule has 0 radical (unpaired) electrons. The first-order chi connectivity index (χ1) is 7.17. The summed E-state index contributed by atoms with van der Waals surface area (Å²) in [6.45, 7) is 0. The molecular formula is C10H14ClNO2S. The third-order valence-corrected chi connectivity index (χ3v) is 3.50. The van der Waals surface area contributed by atoms with E-state index in [0.29, 0.717) is 6.42 Å². The molecule has 0 bridgehead atoms. The van der Waals surface area contributed by atoms with E-state index < -0.39 is 0 Å². The zero-order valence-electron chi connectivity index (χ0n) is 8.75. The minimum absolute atomic E-state index is 0.168. The van der Waals surface area contributed by atoms with Crippen molar-refractivity contribution in [3.05, 3.63) is 21.3 Å². The molecule has 0 fully saturated rings. The van der Waals surface area contributed by atoms with Gasteiger partial charge < -0.3 is 10.1 Å². The summed E-state index contributed by atoms with van der Waals surface area (Å²) in [5, 5.41) is 3.16. The summed E-state index contributed by atoms with van der Waals surface area (Å²) in [5.41, 5.74) is 0. The van der Waals surface area contributed by atoms with Crippen LogP contribution in [0.1, 0.15) is 23.8 Å². The number of esters is 1. The van der Waals surface area contributed by atoms with E-state index in [1.54, 1.807) is 0 Å². The molecular weight excluding hydrogens is 234 g/mol. The molecule has 0 aromatic carbocycles. The zero-order valence-corrected chi connectivity index (χ0v) is 10.3. The molecule has 0 amide bonds. The van der Waals surface area contributed by atoms with Crippen LogP contribution >= 0.6 is 22.9 Å². The molecule has 0 aliphatic heterocycles. The van der Waals surface area contributed by atoms with Crippen LogP contribution in [0, 0.1) is 0 Å². The molecule has 1 rings (SSSR count). The number of hydrogen-bond acceptors (Lipinski definition) is 4. The summed E-state index contributed by atoms with van der Waals surface area (Å²) in [6, 6.07) is 4.01. The van der Waals surface area contributed by atoms with Crippen LogP contribution in [0.15, 0.2) is 12.1 Å². The maximum absolute atomic E-state index is 11.0. The molecule has 1 aromatic heterocycles. The van der Waals surface area contributed by atoms with Crippen molar-refractivity contribution < 1.29 is 9.53 Å². The fourth-order valence-corrected chi connectivity index (χ4v) is 2.51. The highest BCUT2D eigenvalue weighted by molar-refractivity contribution is 7.16. The van der Waals surface area contributed by atoms with Gasteiger partial charge in [0, 0.05) is 17.3 Å². The maximum Gasteiger partial charge on any atom is 0.305 e. The van der Waals surface area contributed by atoms with Crippen LogP contribution in [0.3, 0.4) is 0 Å². The van der Waals surface area contributed by atoms with E-state index in [9.17, 15) is 4.79 Å². The molecule has 1 unspecified atom stereocenters. The van der Waals surface area contributed by atoms with Crippen LogP contribution in [-0.4, -0.2) is 20.1 Å². The molecule has 1 aromatic rings. The van der Waals surface area contributed by atoms with Gasteiger partial charge in [-0.1, -0.05) is 11.6 Å². The Morgan fingerprint density at radius 1 is 1.67 bits per heavy atom. The van der Waals surface area contributed by atoms with Gasteiger partial charge in [-0.05, 0) is 25.6 Å². The van der Waals surface area contributed by atoms with Gasteiger partial charge in [0.2, 0.25) is 0 Å². The Morgan fingerprint density at radius 2 is 2.40 bits per heavy atom. The van der Waals surface area contributed by atoms with Crippen LogP contribution < -0.4 is 5.32 Å². The number of rotatable bonds is 5. The summed E-state index contributed by atoms with van der Waals surface area (Å²) in [5.74, 6) is -0.182. The first-order valence-corrected chi connectivity index (χ1v) is 5.86. The minimum Gasteiger partial charge on any atom is -0.469 e. The standard InChI is InChI=1S/C10H14ClNO2S/c1-12-7(3-6-10(13)14-2)8-4-5-9(11)15-8/h4-5,7,12H,3,6H2,1-2H3. The van der Waals surface area contributed by atoms with Crippen LogP contribution in [0.5, 0.6) is 0 Å². The summed E-state index contributed by atoms with van der Waals surface area (Å²) in [6.07, 6.45) is 1.14. The zero-order chi connectivity index (χ0) is 11.3. The van der Waals surface area contributed by atoms with Crippen molar-refractivity contribution in [2.45, 2.75) is 18.9 Å². The van der Waals surface area contributed by atoms with Crippen LogP contribution in [-0.2, 0) is 9.53 Å². The van der Waals surface area contributed by atoms with Gasteiger partial charge in [0.25, 0.3) is 0 Å². The van der Waals surface area contributed by atoms with E-state index in [2.05, 4.69) is 10.1 Å². The van der Waals surface area contributed by atoms with Crippen molar-refractivity contribution in [3.8, 4) is 0 Å². The molecule has 0 spiro atoms. The van der Waals surface area contributed by atoms with Gasteiger partial charge in [0.15, 0.2) is 0 Å². The number of ether oxygens (including phenoxy) is 1. The van der Waals surface area contributed by atoms with Crippen LogP contribution in [0.4, 0.5) is 0 Å². The molecule has 0 saturated carbocycles. The first-order valence-electron chi connectivity index (χ1n) is 4.66. The smallest absolute Gasteiger partial charge is 0.305 e. The summed E-state index contributed by atoms with van der Waals surface area (Å²) in [7, 11) is 3.27. The van der Waals surface area contributed by atoms with Gasteiger partial charge in [0.1, 0.15) is 0 Å². The second-order valence-electron chi connectivity index (χ2n) is 3.10. The van der Waals surface area contributed by atoms with Crippen molar-refractivity contribution in [3.63, 3.8) is 0 Å². The molecule has 84 valence electrons. The fraction of sp³-hybridized carbons (Fsp3) is 0.500. The highest BCUT2D eigenvalue weighted by atomic mass is 35.5. The van der Waals surface area contributed by atoms with E-state index in [4.69, 9.17) is 11.6 Å². The molecule has 1 N–H and O–H groups in total. The number of thiophene rings is 1. The summed E-state index contributed by atoms with van der Waals surface area (Å²) >= 11 is 7.38. The molecule has 3 nitrogen and oxygen atoms in total. The highest BCUT2D eigenvalue weighted by Crippen LogP contribution is 2.29. The van der Waals surface area contributed by atoms with E-state index in [1.807, 2.05) is 19.2 Å². The van der Waals surface area contributed by atoms with Crippen molar-refractivity contribution in [2.75, 3.05) is 14.2 Å². The van der Waals surface area contributed by atoms with Crippen LogP contribution in [0.25, 0.3) is 0 Å². The fourth-order valence-electron chi connectivity index (χ4n) is 1.31. The predicted molar refractivity (Wildman–Crippen MR) is 62.4 cm³/mol. The number of carbonyl (C=O) groups excluding carboxylic acids is 1. The largest absolute Gasteiger partial charge is 0.469 e. The van der Waals surface area contributed by atoms with Crippen molar-refractivity contribution in [1.29, 1.82) is 0 Å². The number of carbonyl (C=O) groups is 1. The Hall–Kier alpha value is -0.580. The molecule has 1 atom stereocenters. The lowest BCUT2D eigenvalue weighted by atomic mass is 10.1. The Labute approximate surface area is 98.4 Å². The predicted octanol–water partition coefficient (Wildman–Crippen LogP) is 2.62. The molecule has 0 aliphatic carbocycles. The third-order valence-electron chi connectivity index (χ3n) is 2.15. The molecule has 0 aliphatic rings. The number of nitrogens with one attached hydrogen (secondary N) is 1. The van der Waals surface area contributed by atoms with Gasteiger partial charge in [0.05, 0.1) is 11.4 Å². The van der Waals surface area contributed by atoms with E-state index in [1.165, 1.54) is 18.4 Å². The second kappa shape index (κ2) is 6.10. The first kappa shape index (κ1) is 12.5. The topological polar surface area (TPSA) is 38.3 Å². The van der Waals surface area contributed by atoms with Gasteiger partial charge in [-0.2, -0.15) is 0 Å². The van der Waals surface area contributed by atoms with Gasteiger partial charge >= 0.3 is 5.97 Å². The lowest BCUT2D eigenvalue weighted by Gasteiger charge is -2.13. The molecule has 5 heteroatoms. The Morgan fingerprint density at radius 3 is 2.87 bits per heavy atom. The second-order valence-corrected chi connectivity index (χ2v) is 4.84. The number of hydrogen-bond donors (Lipinski definition) is 1. The number of halogens is 1. The van der Waals surface area contributed by atoms with Gasteiger partial charge in [-0.15, -0.1) is 11.3 Å². The minimum atomic E-state index is -0.182. The van der Waals surface area contributed by atoms with E-state index >= 15 is 0 Å². The van der Waals surface area contributed by atoms with Crippen molar-refractivity contribution in [1.82, 2.24) is 5.32 Å². The average Bonchev–Trinajstić information content (AvgIpc) is 2.65. The SMILES string of the molecule is CNC(CCC(=O)OC)c1ccc(Cl)s1.